The second kappa shape index (κ2) is 6.03. The Morgan fingerprint density at radius 3 is 3.00 bits per heavy atom. The summed E-state index contributed by atoms with van der Waals surface area (Å²) in [6.07, 6.45) is 2.56. The molecule has 0 aliphatic heterocycles. The molecule has 0 bridgehead atoms. The molecule has 0 saturated heterocycles. The van der Waals surface area contributed by atoms with Crippen LogP contribution in [0, 0.1) is 12.8 Å². The van der Waals surface area contributed by atoms with E-state index in [0.29, 0.717) is 23.7 Å². The Balaban J connectivity index is 1.61. The Labute approximate surface area is 128 Å². The lowest BCUT2D eigenvalue weighted by atomic mass is 10.1. The van der Waals surface area contributed by atoms with Crippen LogP contribution in [-0.2, 0) is 4.74 Å². The van der Waals surface area contributed by atoms with E-state index in [1.165, 1.54) is 24.2 Å². The number of carbonyl (C=O) groups excluding carboxylic acids is 1. The molecule has 1 fully saturated rings. The van der Waals surface area contributed by atoms with Gasteiger partial charge in [0, 0.05) is 23.2 Å². The van der Waals surface area contributed by atoms with Crippen molar-refractivity contribution in [3.63, 3.8) is 0 Å². The molecule has 1 aliphatic carbocycles. The Morgan fingerprint density at radius 2 is 2.29 bits per heavy atom. The molecular weight excluding hydrogens is 284 g/mol. The van der Waals surface area contributed by atoms with Crippen molar-refractivity contribution in [3.05, 3.63) is 28.6 Å². The summed E-state index contributed by atoms with van der Waals surface area (Å²) in [5.74, 6) is 0.644. The lowest BCUT2D eigenvalue weighted by Crippen LogP contribution is -2.27. The van der Waals surface area contributed by atoms with E-state index < -0.39 is 0 Å². The van der Waals surface area contributed by atoms with Gasteiger partial charge >= 0.3 is 0 Å². The van der Waals surface area contributed by atoms with Gasteiger partial charge in [-0.3, -0.25) is 4.79 Å². The lowest BCUT2D eigenvalue weighted by molar-refractivity contribution is 0.0911. The number of ether oxygens (including phenoxy) is 1. The molecule has 0 radical (unpaired) electrons. The highest BCUT2D eigenvalue weighted by molar-refractivity contribution is 7.21. The molecule has 0 unspecified atom stereocenters. The summed E-state index contributed by atoms with van der Waals surface area (Å²) in [6.45, 7) is 3.94. The zero-order valence-electron chi connectivity index (χ0n) is 12.1. The van der Waals surface area contributed by atoms with Crippen molar-refractivity contribution in [1.29, 1.82) is 0 Å². The third kappa shape index (κ3) is 3.19. The summed E-state index contributed by atoms with van der Waals surface area (Å²) in [6, 6.07) is 5.96. The number of rotatable bonds is 6. The number of anilines is 1. The van der Waals surface area contributed by atoms with Gasteiger partial charge in [-0.1, -0.05) is 18.2 Å². The molecule has 4 nitrogen and oxygen atoms in total. The number of thiophene rings is 1. The van der Waals surface area contributed by atoms with Gasteiger partial charge in [-0.15, -0.1) is 11.3 Å². The summed E-state index contributed by atoms with van der Waals surface area (Å²) in [4.78, 5) is 12.8. The van der Waals surface area contributed by atoms with Gasteiger partial charge in [-0.25, -0.2) is 0 Å². The Morgan fingerprint density at radius 1 is 1.48 bits per heavy atom. The van der Waals surface area contributed by atoms with Crippen LogP contribution in [0.15, 0.2) is 18.2 Å². The van der Waals surface area contributed by atoms with Crippen molar-refractivity contribution in [1.82, 2.24) is 5.32 Å². The van der Waals surface area contributed by atoms with E-state index in [1.807, 2.05) is 25.1 Å². The van der Waals surface area contributed by atoms with Gasteiger partial charge in [0.2, 0.25) is 0 Å². The standard InChI is InChI=1S/C16H20N2O2S/c1-10-3-2-4-12-13(17)15(21-14(10)12)16(19)18-7-8-20-9-11-5-6-11/h2-4,11H,5-9,17H2,1H3,(H,18,19). The summed E-state index contributed by atoms with van der Waals surface area (Å²) < 4.78 is 6.60. The van der Waals surface area contributed by atoms with E-state index in [1.54, 1.807) is 0 Å². The number of fused-ring (bicyclic) bond motifs is 1. The minimum absolute atomic E-state index is 0.108. The van der Waals surface area contributed by atoms with E-state index in [0.717, 1.165) is 28.2 Å². The maximum absolute atomic E-state index is 12.2. The number of nitrogens with one attached hydrogen (secondary N) is 1. The van der Waals surface area contributed by atoms with Crippen LogP contribution in [-0.4, -0.2) is 25.7 Å². The number of hydrogen-bond donors (Lipinski definition) is 2. The van der Waals surface area contributed by atoms with E-state index in [4.69, 9.17) is 10.5 Å². The molecule has 1 heterocycles. The molecule has 21 heavy (non-hydrogen) atoms. The molecule has 1 aliphatic rings. The largest absolute Gasteiger partial charge is 0.397 e. The first-order chi connectivity index (χ1) is 10.2. The van der Waals surface area contributed by atoms with Crippen LogP contribution < -0.4 is 11.1 Å². The van der Waals surface area contributed by atoms with E-state index in [-0.39, 0.29) is 5.91 Å². The highest BCUT2D eigenvalue weighted by atomic mass is 32.1. The van der Waals surface area contributed by atoms with Gasteiger partial charge in [-0.05, 0) is 31.2 Å². The molecule has 3 N–H and O–H groups in total. The average Bonchev–Trinajstić information content (AvgIpc) is 3.23. The minimum Gasteiger partial charge on any atom is -0.397 e. The number of benzene rings is 1. The number of nitrogen functional groups attached to an aromatic ring is 1. The third-order valence-electron chi connectivity index (χ3n) is 3.74. The predicted octanol–water partition coefficient (Wildman–Crippen LogP) is 2.95. The highest BCUT2D eigenvalue weighted by Crippen LogP contribution is 2.35. The summed E-state index contributed by atoms with van der Waals surface area (Å²) in [5.41, 5.74) is 7.83. The van der Waals surface area contributed by atoms with Crippen molar-refractivity contribution in [3.8, 4) is 0 Å². The minimum atomic E-state index is -0.108. The van der Waals surface area contributed by atoms with Crippen molar-refractivity contribution < 1.29 is 9.53 Å². The van der Waals surface area contributed by atoms with Crippen LogP contribution in [0.4, 0.5) is 5.69 Å². The molecule has 1 saturated carbocycles. The van der Waals surface area contributed by atoms with E-state index in [2.05, 4.69) is 5.32 Å². The second-order valence-electron chi connectivity index (χ2n) is 5.57. The van der Waals surface area contributed by atoms with E-state index in [9.17, 15) is 4.79 Å². The molecule has 0 atom stereocenters. The Bertz CT molecular complexity index is 662. The first kappa shape index (κ1) is 14.4. The average molecular weight is 304 g/mol. The molecule has 1 aromatic heterocycles. The van der Waals surface area contributed by atoms with Crippen LogP contribution in [0.1, 0.15) is 28.1 Å². The number of carbonyl (C=O) groups is 1. The van der Waals surface area contributed by atoms with Gasteiger partial charge in [0.1, 0.15) is 4.88 Å². The second-order valence-corrected chi connectivity index (χ2v) is 6.59. The molecular formula is C16H20N2O2S. The van der Waals surface area contributed by atoms with Crippen LogP contribution in [0.25, 0.3) is 10.1 Å². The summed E-state index contributed by atoms with van der Waals surface area (Å²) >= 11 is 1.46. The first-order valence-electron chi connectivity index (χ1n) is 7.30. The Kier molecular flexibility index (Phi) is 4.12. The zero-order chi connectivity index (χ0) is 14.8. The first-order valence-corrected chi connectivity index (χ1v) is 8.12. The highest BCUT2D eigenvalue weighted by Gasteiger charge is 2.21. The smallest absolute Gasteiger partial charge is 0.263 e. The summed E-state index contributed by atoms with van der Waals surface area (Å²) in [7, 11) is 0. The van der Waals surface area contributed by atoms with Gasteiger partial charge in [0.25, 0.3) is 5.91 Å². The van der Waals surface area contributed by atoms with Crippen molar-refractivity contribution in [2.75, 3.05) is 25.5 Å². The van der Waals surface area contributed by atoms with Crippen LogP contribution >= 0.6 is 11.3 Å². The third-order valence-corrected chi connectivity index (χ3v) is 5.09. The summed E-state index contributed by atoms with van der Waals surface area (Å²) in [5, 5.41) is 3.85. The normalized spacial score (nSPS) is 14.5. The molecule has 112 valence electrons. The van der Waals surface area contributed by atoms with Crippen molar-refractivity contribution >= 4 is 33.0 Å². The zero-order valence-corrected chi connectivity index (χ0v) is 13.0. The van der Waals surface area contributed by atoms with Crippen LogP contribution in [0.2, 0.25) is 0 Å². The van der Waals surface area contributed by atoms with Gasteiger partial charge in [0.05, 0.1) is 12.3 Å². The number of amides is 1. The van der Waals surface area contributed by atoms with Gasteiger partial charge in [-0.2, -0.15) is 0 Å². The molecule has 2 aromatic rings. The van der Waals surface area contributed by atoms with E-state index >= 15 is 0 Å². The van der Waals surface area contributed by atoms with Crippen molar-refractivity contribution in [2.45, 2.75) is 19.8 Å². The molecule has 0 spiro atoms. The number of nitrogens with two attached hydrogens (primary N) is 1. The maximum atomic E-state index is 12.2. The molecule has 1 aromatic carbocycles. The topological polar surface area (TPSA) is 64.4 Å². The van der Waals surface area contributed by atoms with Crippen molar-refractivity contribution in [2.24, 2.45) is 5.92 Å². The quantitative estimate of drug-likeness (QED) is 0.806. The maximum Gasteiger partial charge on any atom is 0.263 e. The number of hydrogen-bond acceptors (Lipinski definition) is 4. The molecule has 5 heteroatoms. The molecule has 3 rings (SSSR count). The fourth-order valence-corrected chi connectivity index (χ4v) is 3.41. The predicted molar refractivity (Wildman–Crippen MR) is 86.9 cm³/mol. The van der Waals surface area contributed by atoms with Crippen LogP contribution in [0.3, 0.4) is 0 Å². The SMILES string of the molecule is Cc1cccc2c(N)c(C(=O)NCCOCC3CC3)sc12. The fourth-order valence-electron chi connectivity index (χ4n) is 2.30. The van der Waals surface area contributed by atoms with Gasteiger partial charge < -0.3 is 15.8 Å². The van der Waals surface area contributed by atoms with Crippen LogP contribution in [0.5, 0.6) is 0 Å². The Hall–Kier alpha value is -1.59. The lowest BCUT2D eigenvalue weighted by Gasteiger charge is -2.05. The molecule has 1 amide bonds. The van der Waals surface area contributed by atoms with Gasteiger partial charge in [0.15, 0.2) is 0 Å². The number of aryl methyl sites for hydroxylation is 1. The fraction of sp³-hybridized carbons (Fsp3) is 0.438. The monoisotopic (exact) mass is 304 g/mol.